The van der Waals surface area contributed by atoms with E-state index in [4.69, 9.17) is 0 Å². The molecule has 0 amide bonds. The Labute approximate surface area is 98.3 Å². The summed E-state index contributed by atoms with van der Waals surface area (Å²) < 4.78 is 8.93. The zero-order valence-corrected chi connectivity index (χ0v) is 11.2. The van der Waals surface area contributed by atoms with Crippen LogP contribution < -0.4 is 0 Å². The summed E-state index contributed by atoms with van der Waals surface area (Å²) >= 11 is 0. The second kappa shape index (κ2) is 10.5. The molecule has 0 aliphatic carbocycles. The number of ether oxygens (including phenoxy) is 2. The molecule has 0 aromatic rings. The number of hydrogen-bond acceptors (Lipinski definition) is 4. The van der Waals surface area contributed by atoms with E-state index in [1.807, 2.05) is 27.7 Å². The molecule has 4 heteroatoms. The molecule has 16 heavy (non-hydrogen) atoms. The topological polar surface area (TPSA) is 52.6 Å². The number of methoxy groups -OCH3 is 2. The first-order chi connectivity index (χ1) is 7.44. The predicted molar refractivity (Wildman–Crippen MR) is 62.9 cm³/mol. The Morgan fingerprint density at radius 2 is 1.12 bits per heavy atom. The highest BCUT2D eigenvalue weighted by atomic mass is 16.5. The van der Waals surface area contributed by atoms with E-state index in [1.165, 1.54) is 14.2 Å². The average Bonchev–Trinajstić information content (AvgIpc) is 2.35. The van der Waals surface area contributed by atoms with Crippen LogP contribution in [0.25, 0.3) is 0 Å². The van der Waals surface area contributed by atoms with Crippen LogP contribution in [0.5, 0.6) is 0 Å². The van der Waals surface area contributed by atoms with Gasteiger partial charge in [0.2, 0.25) is 0 Å². The SMILES string of the molecule is CCC(C)C(=O)OC.CCC(C)C(=O)OC. The van der Waals surface area contributed by atoms with Crippen LogP contribution in [0.2, 0.25) is 0 Å². The van der Waals surface area contributed by atoms with Gasteiger partial charge in [0.05, 0.1) is 26.1 Å². The predicted octanol–water partition coefficient (Wildman–Crippen LogP) is 2.41. The lowest BCUT2D eigenvalue weighted by Gasteiger charge is -2.02. The summed E-state index contributed by atoms with van der Waals surface area (Å²) in [7, 11) is 2.82. The van der Waals surface area contributed by atoms with Crippen molar-refractivity contribution < 1.29 is 19.1 Å². The molecule has 0 aromatic carbocycles. The molecule has 0 heterocycles. The van der Waals surface area contributed by atoms with Gasteiger partial charge in [-0.2, -0.15) is 0 Å². The van der Waals surface area contributed by atoms with Crippen LogP contribution in [0.4, 0.5) is 0 Å². The van der Waals surface area contributed by atoms with Crippen LogP contribution in [0.1, 0.15) is 40.5 Å². The Kier molecular flexibility index (Phi) is 11.3. The van der Waals surface area contributed by atoms with Gasteiger partial charge >= 0.3 is 11.9 Å². The van der Waals surface area contributed by atoms with Gasteiger partial charge in [-0.25, -0.2) is 0 Å². The van der Waals surface area contributed by atoms with E-state index in [9.17, 15) is 9.59 Å². The molecule has 2 unspecified atom stereocenters. The van der Waals surface area contributed by atoms with Crippen molar-refractivity contribution in [3.63, 3.8) is 0 Å². The van der Waals surface area contributed by atoms with E-state index < -0.39 is 0 Å². The molecule has 0 rings (SSSR count). The maximum atomic E-state index is 10.5. The van der Waals surface area contributed by atoms with Crippen molar-refractivity contribution in [1.29, 1.82) is 0 Å². The van der Waals surface area contributed by atoms with Gasteiger partial charge in [-0.3, -0.25) is 9.59 Å². The molecule has 4 nitrogen and oxygen atoms in total. The minimum Gasteiger partial charge on any atom is -0.469 e. The molecule has 2 atom stereocenters. The number of carbonyl (C=O) groups is 2. The van der Waals surface area contributed by atoms with Gasteiger partial charge in [-0.15, -0.1) is 0 Å². The molecule has 0 aliphatic heterocycles. The van der Waals surface area contributed by atoms with Gasteiger partial charge in [0, 0.05) is 0 Å². The fraction of sp³-hybridized carbons (Fsp3) is 0.833. The van der Waals surface area contributed by atoms with Crippen molar-refractivity contribution in [3.05, 3.63) is 0 Å². The zero-order valence-electron chi connectivity index (χ0n) is 11.2. The Morgan fingerprint density at radius 1 is 0.875 bits per heavy atom. The summed E-state index contributed by atoms with van der Waals surface area (Å²) in [6.07, 6.45) is 1.71. The van der Waals surface area contributed by atoms with E-state index >= 15 is 0 Å². The van der Waals surface area contributed by atoms with Crippen LogP contribution in [0.15, 0.2) is 0 Å². The van der Waals surface area contributed by atoms with E-state index in [2.05, 4.69) is 9.47 Å². The minimum absolute atomic E-state index is 0.0556. The van der Waals surface area contributed by atoms with Gasteiger partial charge in [0.15, 0.2) is 0 Å². The molecule has 0 aromatic heterocycles. The third-order valence-electron chi connectivity index (χ3n) is 2.43. The number of esters is 2. The Hall–Kier alpha value is -1.06. The maximum absolute atomic E-state index is 10.5. The smallest absolute Gasteiger partial charge is 0.308 e. The Morgan fingerprint density at radius 3 is 1.19 bits per heavy atom. The fourth-order valence-corrected chi connectivity index (χ4v) is 0.736. The molecule has 0 saturated carbocycles. The lowest BCUT2D eigenvalue weighted by atomic mass is 10.1. The zero-order chi connectivity index (χ0) is 13.1. The van der Waals surface area contributed by atoms with E-state index in [0.29, 0.717) is 0 Å². The van der Waals surface area contributed by atoms with Crippen molar-refractivity contribution in [1.82, 2.24) is 0 Å². The molecule has 0 spiro atoms. The number of hydrogen-bond donors (Lipinski definition) is 0. The summed E-state index contributed by atoms with van der Waals surface area (Å²) in [6, 6.07) is 0. The molecule has 0 fully saturated rings. The molecular weight excluding hydrogens is 208 g/mol. The second-order valence-electron chi connectivity index (χ2n) is 3.66. The van der Waals surface area contributed by atoms with Crippen molar-refractivity contribution >= 4 is 11.9 Å². The standard InChI is InChI=1S/2C6H12O2/c2*1-4-5(2)6(7)8-3/h2*5H,4H2,1-3H3. The Balaban J connectivity index is 0. The van der Waals surface area contributed by atoms with E-state index in [0.717, 1.165) is 12.8 Å². The van der Waals surface area contributed by atoms with Gasteiger partial charge in [0.1, 0.15) is 0 Å². The lowest BCUT2D eigenvalue weighted by molar-refractivity contribution is -0.145. The maximum Gasteiger partial charge on any atom is 0.308 e. The highest BCUT2D eigenvalue weighted by Crippen LogP contribution is 2.01. The minimum atomic E-state index is -0.118. The monoisotopic (exact) mass is 232 g/mol. The number of rotatable bonds is 4. The fourth-order valence-electron chi connectivity index (χ4n) is 0.736. The van der Waals surface area contributed by atoms with Crippen LogP contribution >= 0.6 is 0 Å². The van der Waals surface area contributed by atoms with E-state index in [-0.39, 0.29) is 23.8 Å². The summed E-state index contributed by atoms with van der Waals surface area (Å²) in [6.45, 7) is 7.63. The van der Waals surface area contributed by atoms with Crippen LogP contribution in [0, 0.1) is 11.8 Å². The first kappa shape index (κ1) is 17.3. The molecule has 0 N–H and O–H groups in total. The summed E-state index contributed by atoms with van der Waals surface area (Å²) in [4.78, 5) is 21.0. The third-order valence-corrected chi connectivity index (χ3v) is 2.43. The van der Waals surface area contributed by atoms with Crippen LogP contribution in [0.3, 0.4) is 0 Å². The third kappa shape index (κ3) is 8.26. The van der Waals surface area contributed by atoms with Crippen molar-refractivity contribution in [3.8, 4) is 0 Å². The molecular formula is C12H24O4. The van der Waals surface area contributed by atoms with Crippen LogP contribution in [-0.2, 0) is 19.1 Å². The lowest BCUT2D eigenvalue weighted by Crippen LogP contribution is -2.10. The number of carbonyl (C=O) groups excluding carboxylic acids is 2. The van der Waals surface area contributed by atoms with Gasteiger partial charge in [-0.05, 0) is 12.8 Å². The van der Waals surface area contributed by atoms with Gasteiger partial charge in [-0.1, -0.05) is 27.7 Å². The normalized spacial score (nSPS) is 12.9. The molecule has 0 saturated heterocycles. The first-order valence-corrected chi connectivity index (χ1v) is 5.60. The molecule has 0 bridgehead atoms. The van der Waals surface area contributed by atoms with Crippen molar-refractivity contribution in [2.75, 3.05) is 14.2 Å². The largest absolute Gasteiger partial charge is 0.469 e. The highest BCUT2D eigenvalue weighted by Gasteiger charge is 2.08. The first-order valence-electron chi connectivity index (χ1n) is 5.60. The quantitative estimate of drug-likeness (QED) is 0.698. The van der Waals surface area contributed by atoms with Crippen LogP contribution in [-0.4, -0.2) is 26.2 Å². The molecule has 0 radical (unpaired) electrons. The van der Waals surface area contributed by atoms with Crippen molar-refractivity contribution in [2.24, 2.45) is 11.8 Å². The molecule has 0 aliphatic rings. The summed E-state index contributed by atoms with van der Waals surface area (Å²) in [5, 5.41) is 0. The van der Waals surface area contributed by atoms with Gasteiger partial charge in [0.25, 0.3) is 0 Å². The average molecular weight is 232 g/mol. The van der Waals surface area contributed by atoms with E-state index in [1.54, 1.807) is 0 Å². The highest BCUT2D eigenvalue weighted by molar-refractivity contribution is 5.71. The summed E-state index contributed by atoms with van der Waals surface area (Å²) in [5.74, 6) is -0.125. The van der Waals surface area contributed by atoms with Gasteiger partial charge < -0.3 is 9.47 Å². The van der Waals surface area contributed by atoms with Crippen molar-refractivity contribution in [2.45, 2.75) is 40.5 Å². The summed E-state index contributed by atoms with van der Waals surface area (Å²) in [5.41, 5.74) is 0. The molecule has 96 valence electrons. The second-order valence-corrected chi connectivity index (χ2v) is 3.66. The Bertz CT molecular complexity index is 179.